The van der Waals surface area contributed by atoms with Crippen molar-refractivity contribution < 1.29 is 0 Å². The molecule has 116 valence electrons. The molecule has 24 heavy (non-hydrogen) atoms. The maximum absolute atomic E-state index is 2.43. The second-order valence-corrected chi connectivity index (χ2v) is 7.14. The molecule has 5 rings (SSSR count). The predicted octanol–water partition coefficient (Wildman–Crippen LogP) is 6.36. The van der Waals surface area contributed by atoms with Crippen molar-refractivity contribution in [2.24, 2.45) is 0 Å². The van der Waals surface area contributed by atoms with Crippen molar-refractivity contribution in [1.82, 2.24) is 0 Å². The van der Waals surface area contributed by atoms with Crippen LogP contribution in [0.5, 0.6) is 0 Å². The van der Waals surface area contributed by atoms with Gasteiger partial charge in [-0.05, 0) is 64.8 Å². The number of hydrogen-bond acceptors (Lipinski definition) is 0. The quantitative estimate of drug-likeness (QED) is 0.490. The molecule has 0 N–H and O–H groups in total. The minimum Gasteiger partial charge on any atom is -0.0622 e. The zero-order valence-corrected chi connectivity index (χ0v) is 14.1. The molecule has 0 aromatic heterocycles. The predicted molar refractivity (Wildman–Crippen MR) is 102 cm³/mol. The number of fused-ring (bicyclic) bond motifs is 3. The van der Waals surface area contributed by atoms with E-state index in [4.69, 9.17) is 0 Å². The summed E-state index contributed by atoms with van der Waals surface area (Å²) in [5, 5.41) is 0. The van der Waals surface area contributed by atoms with Gasteiger partial charge in [-0.15, -0.1) is 0 Å². The molecule has 0 heteroatoms. The van der Waals surface area contributed by atoms with Gasteiger partial charge in [-0.1, -0.05) is 72.3 Å². The van der Waals surface area contributed by atoms with Crippen molar-refractivity contribution >= 4 is 11.6 Å². The first kappa shape index (κ1) is 13.8. The minimum atomic E-state index is 0.505. The standard InChI is InChI=1S/C24H20/c1-15-8-10-19-20-11-9-16(2)21-13-18(17-6-4-3-5-7-17)14-23(24(20)21)22(19)12-15/h3-13,23H,14H2,1-2H3. The zero-order valence-electron chi connectivity index (χ0n) is 14.1. The molecule has 2 aliphatic carbocycles. The molecule has 0 saturated carbocycles. The van der Waals surface area contributed by atoms with Gasteiger partial charge in [0, 0.05) is 5.92 Å². The van der Waals surface area contributed by atoms with Gasteiger partial charge in [0.2, 0.25) is 0 Å². The van der Waals surface area contributed by atoms with Crippen LogP contribution in [-0.4, -0.2) is 0 Å². The Kier molecular flexibility index (Phi) is 2.84. The van der Waals surface area contributed by atoms with Crippen LogP contribution < -0.4 is 0 Å². The topological polar surface area (TPSA) is 0 Å². The highest BCUT2D eigenvalue weighted by atomic mass is 14.4. The molecule has 0 amide bonds. The van der Waals surface area contributed by atoms with E-state index < -0.39 is 0 Å². The van der Waals surface area contributed by atoms with E-state index in [-0.39, 0.29) is 0 Å². The number of aryl methyl sites for hydroxylation is 2. The summed E-state index contributed by atoms with van der Waals surface area (Å²) >= 11 is 0. The Hall–Kier alpha value is -2.60. The van der Waals surface area contributed by atoms with Crippen LogP contribution >= 0.6 is 0 Å². The Morgan fingerprint density at radius 1 is 0.833 bits per heavy atom. The smallest absolute Gasteiger partial charge is 0.0148 e. The fraction of sp³-hybridized carbons (Fsp3) is 0.167. The maximum atomic E-state index is 2.43. The molecule has 3 aromatic rings. The van der Waals surface area contributed by atoms with E-state index in [9.17, 15) is 0 Å². The average Bonchev–Trinajstić information content (AvgIpc) is 2.93. The SMILES string of the molecule is Cc1ccc2c(c1)C1CC(c3ccccc3)=Cc3c(C)ccc-2c31. The zero-order chi connectivity index (χ0) is 16.3. The van der Waals surface area contributed by atoms with Crippen LogP contribution in [0.2, 0.25) is 0 Å². The first-order valence-corrected chi connectivity index (χ1v) is 8.73. The van der Waals surface area contributed by atoms with E-state index in [0.717, 1.165) is 6.42 Å². The largest absolute Gasteiger partial charge is 0.0622 e. The summed E-state index contributed by atoms with van der Waals surface area (Å²) < 4.78 is 0. The summed E-state index contributed by atoms with van der Waals surface area (Å²) in [4.78, 5) is 0. The monoisotopic (exact) mass is 308 g/mol. The number of hydrogen-bond donors (Lipinski definition) is 0. The van der Waals surface area contributed by atoms with Gasteiger partial charge in [0.1, 0.15) is 0 Å². The van der Waals surface area contributed by atoms with Crippen molar-refractivity contribution in [1.29, 1.82) is 0 Å². The Bertz CT molecular complexity index is 990. The highest BCUT2D eigenvalue weighted by molar-refractivity contribution is 5.93. The maximum Gasteiger partial charge on any atom is 0.0148 e. The van der Waals surface area contributed by atoms with Gasteiger partial charge in [0.15, 0.2) is 0 Å². The summed E-state index contributed by atoms with van der Waals surface area (Å²) in [6.07, 6.45) is 3.53. The summed E-state index contributed by atoms with van der Waals surface area (Å²) in [6, 6.07) is 22.4. The third-order valence-electron chi connectivity index (χ3n) is 5.61. The summed E-state index contributed by atoms with van der Waals surface area (Å²) in [5.41, 5.74) is 12.9. The van der Waals surface area contributed by atoms with Gasteiger partial charge in [-0.25, -0.2) is 0 Å². The molecule has 0 saturated heterocycles. The van der Waals surface area contributed by atoms with Crippen LogP contribution in [0.4, 0.5) is 0 Å². The van der Waals surface area contributed by atoms with E-state index >= 15 is 0 Å². The second kappa shape index (κ2) is 4.95. The Balaban J connectivity index is 1.77. The molecule has 2 aliphatic rings. The Morgan fingerprint density at radius 2 is 1.62 bits per heavy atom. The van der Waals surface area contributed by atoms with Gasteiger partial charge in [0.25, 0.3) is 0 Å². The molecule has 0 aliphatic heterocycles. The normalized spacial score (nSPS) is 17.2. The number of benzene rings is 3. The van der Waals surface area contributed by atoms with Crippen LogP contribution in [0.1, 0.15) is 45.7 Å². The molecule has 0 bridgehead atoms. The molecule has 3 aromatic carbocycles. The van der Waals surface area contributed by atoms with Crippen LogP contribution in [0.25, 0.3) is 22.8 Å². The first-order valence-electron chi connectivity index (χ1n) is 8.73. The van der Waals surface area contributed by atoms with Crippen molar-refractivity contribution in [3.05, 3.63) is 94.0 Å². The lowest BCUT2D eigenvalue weighted by Crippen LogP contribution is -2.07. The van der Waals surface area contributed by atoms with E-state index in [2.05, 4.69) is 80.6 Å². The summed E-state index contributed by atoms with van der Waals surface area (Å²) in [7, 11) is 0. The van der Waals surface area contributed by atoms with Crippen molar-refractivity contribution in [3.63, 3.8) is 0 Å². The summed E-state index contributed by atoms with van der Waals surface area (Å²) in [5.74, 6) is 0.505. The third-order valence-corrected chi connectivity index (χ3v) is 5.61. The van der Waals surface area contributed by atoms with Crippen molar-refractivity contribution in [3.8, 4) is 11.1 Å². The lowest BCUT2D eigenvalue weighted by Gasteiger charge is -2.25. The molecular formula is C24H20. The minimum absolute atomic E-state index is 0.505. The molecule has 0 fully saturated rings. The van der Waals surface area contributed by atoms with Crippen molar-refractivity contribution in [2.75, 3.05) is 0 Å². The van der Waals surface area contributed by atoms with Gasteiger partial charge >= 0.3 is 0 Å². The molecule has 0 heterocycles. The fourth-order valence-corrected chi connectivity index (χ4v) is 4.44. The lowest BCUT2D eigenvalue weighted by atomic mass is 9.79. The Morgan fingerprint density at radius 3 is 2.46 bits per heavy atom. The highest BCUT2D eigenvalue weighted by Crippen LogP contribution is 2.53. The second-order valence-electron chi connectivity index (χ2n) is 7.14. The molecular weight excluding hydrogens is 288 g/mol. The number of allylic oxidation sites excluding steroid dienone is 1. The lowest BCUT2D eigenvalue weighted by molar-refractivity contribution is 0.854. The molecule has 1 unspecified atom stereocenters. The molecule has 0 nitrogen and oxygen atoms in total. The summed E-state index contributed by atoms with van der Waals surface area (Å²) in [6.45, 7) is 4.44. The van der Waals surface area contributed by atoms with Crippen LogP contribution in [0.15, 0.2) is 60.7 Å². The molecule has 0 spiro atoms. The van der Waals surface area contributed by atoms with Crippen LogP contribution in [0.3, 0.4) is 0 Å². The van der Waals surface area contributed by atoms with Gasteiger partial charge in [-0.3, -0.25) is 0 Å². The van der Waals surface area contributed by atoms with Crippen LogP contribution in [-0.2, 0) is 0 Å². The molecule has 0 radical (unpaired) electrons. The van der Waals surface area contributed by atoms with Gasteiger partial charge in [0.05, 0.1) is 0 Å². The van der Waals surface area contributed by atoms with E-state index in [0.29, 0.717) is 5.92 Å². The van der Waals surface area contributed by atoms with Gasteiger partial charge < -0.3 is 0 Å². The Labute approximate surface area is 143 Å². The first-order chi connectivity index (χ1) is 11.7. The van der Waals surface area contributed by atoms with E-state index in [1.165, 1.54) is 44.5 Å². The molecule has 1 atom stereocenters. The average molecular weight is 308 g/mol. The fourth-order valence-electron chi connectivity index (χ4n) is 4.44. The third kappa shape index (κ3) is 1.86. The van der Waals surface area contributed by atoms with Crippen molar-refractivity contribution in [2.45, 2.75) is 26.2 Å². The van der Waals surface area contributed by atoms with E-state index in [1.807, 2.05) is 0 Å². The number of rotatable bonds is 1. The van der Waals surface area contributed by atoms with Gasteiger partial charge in [-0.2, -0.15) is 0 Å². The van der Waals surface area contributed by atoms with Crippen LogP contribution in [0, 0.1) is 13.8 Å². The highest BCUT2D eigenvalue weighted by Gasteiger charge is 2.34. The van der Waals surface area contributed by atoms with E-state index in [1.54, 1.807) is 5.56 Å².